The number of nitrogens with two attached hydrogens (primary N) is 1. The van der Waals surface area contributed by atoms with E-state index in [1.165, 1.54) is 31.9 Å². The molecule has 0 spiro atoms. The Morgan fingerprint density at radius 1 is 1.47 bits per heavy atom. The van der Waals surface area contributed by atoms with Crippen molar-refractivity contribution < 1.29 is 9.53 Å². The summed E-state index contributed by atoms with van der Waals surface area (Å²) in [6.45, 7) is 0.839. The van der Waals surface area contributed by atoms with Crippen LogP contribution in [0.1, 0.15) is 29.6 Å². The van der Waals surface area contributed by atoms with Crippen LogP contribution in [0.3, 0.4) is 0 Å². The van der Waals surface area contributed by atoms with E-state index in [0.29, 0.717) is 17.1 Å². The number of rotatable bonds is 8. The zero-order valence-electron chi connectivity index (χ0n) is 11.4. The molecule has 0 saturated heterocycles. The highest BCUT2D eigenvalue weighted by atomic mass is 32.2. The topological polar surface area (TPSA) is 77.2 Å². The summed E-state index contributed by atoms with van der Waals surface area (Å²) in [5.41, 5.74) is 6.36. The largest absolute Gasteiger partial charge is 0.465 e. The van der Waals surface area contributed by atoms with Gasteiger partial charge in [0, 0.05) is 6.54 Å². The van der Waals surface area contributed by atoms with Crippen LogP contribution in [0.5, 0.6) is 0 Å². The Morgan fingerprint density at radius 2 is 2.26 bits per heavy atom. The van der Waals surface area contributed by atoms with Gasteiger partial charge in [0.15, 0.2) is 0 Å². The summed E-state index contributed by atoms with van der Waals surface area (Å²) in [6.07, 6.45) is 7.09. The monoisotopic (exact) mass is 283 g/mol. The van der Waals surface area contributed by atoms with Crippen LogP contribution in [0.2, 0.25) is 0 Å². The molecule has 0 unspecified atom stereocenters. The van der Waals surface area contributed by atoms with Crippen molar-refractivity contribution in [3.63, 3.8) is 0 Å². The number of esters is 1. The van der Waals surface area contributed by atoms with Crippen molar-refractivity contribution in [1.29, 1.82) is 0 Å². The van der Waals surface area contributed by atoms with Crippen LogP contribution in [0.25, 0.3) is 0 Å². The molecule has 0 bridgehead atoms. The molecule has 0 aromatic carbocycles. The normalized spacial score (nSPS) is 10.2. The van der Waals surface area contributed by atoms with E-state index in [4.69, 9.17) is 5.73 Å². The maximum absolute atomic E-state index is 11.5. The van der Waals surface area contributed by atoms with Crippen LogP contribution in [0.15, 0.2) is 12.3 Å². The van der Waals surface area contributed by atoms with Crippen LogP contribution in [0, 0.1) is 0 Å². The second-order valence-corrected chi connectivity index (χ2v) is 5.11. The lowest BCUT2D eigenvalue weighted by Crippen LogP contribution is -2.09. The van der Waals surface area contributed by atoms with Gasteiger partial charge in [-0.3, -0.25) is 0 Å². The van der Waals surface area contributed by atoms with Gasteiger partial charge >= 0.3 is 5.97 Å². The molecule has 0 aliphatic rings. The van der Waals surface area contributed by atoms with Gasteiger partial charge in [-0.25, -0.2) is 9.78 Å². The Bertz CT molecular complexity index is 413. The summed E-state index contributed by atoms with van der Waals surface area (Å²) >= 11 is 1.87. The molecule has 1 aromatic rings. The number of ether oxygens (including phenoxy) is 1. The molecule has 1 heterocycles. The second kappa shape index (κ2) is 8.63. The van der Waals surface area contributed by atoms with Crippen molar-refractivity contribution in [2.45, 2.75) is 19.3 Å². The van der Waals surface area contributed by atoms with Gasteiger partial charge in [-0.05, 0) is 30.9 Å². The van der Waals surface area contributed by atoms with E-state index >= 15 is 0 Å². The number of hydrogen-bond acceptors (Lipinski definition) is 6. The minimum Gasteiger partial charge on any atom is -0.465 e. The lowest BCUT2D eigenvalue weighted by atomic mass is 10.2. The summed E-state index contributed by atoms with van der Waals surface area (Å²) in [7, 11) is 1.33. The third-order valence-corrected chi connectivity index (χ3v) is 3.37. The Kier molecular flexibility index (Phi) is 7.10. The molecule has 19 heavy (non-hydrogen) atoms. The minimum absolute atomic E-state index is 0.331. The van der Waals surface area contributed by atoms with Crippen LogP contribution >= 0.6 is 11.8 Å². The van der Waals surface area contributed by atoms with Gasteiger partial charge in [0.1, 0.15) is 5.82 Å². The first-order chi connectivity index (χ1) is 9.19. The first-order valence-corrected chi connectivity index (χ1v) is 7.65. The molecule has 6 heteroatoms. The van der Waals surface area contributed by atoms with E-state index < -0.39 is 5.97 Å². The fourth-order valence-corrected chi connectivity index (χ4v) is 2.11. The molecule has 0 amide bonds. The maximum atomic E-state index is 11.5. The number of pyridine rings is 1. The zero-order valence-corrected chi connectivity index (χ0v) is 12.3. The van der Waals surface area contributed by atoms with E-state index in [1.807, 2.05) is 11.8 Å². The van der Waals surface area contributed by atoms with Gasteiger partial charge < -0.3 is 15.8 Å². The van der Waals surface area contributed by atoms with Gasteiger partial charge in [-0.2, -0.15) is 11.8 Å². The predicted molar refractivity (Wildman–Crippen MR) is 80.7 cm³/mol. The maximum Gasteiger partial charge on any atom is 0.340 e. The molecular formula is C13H21N3O2S. The van der Waals surface area contributed by atoms with E-state index in [-0.39, 0.29) is 0 Å². The summed E-state index contributed by atoms with van der Waals surface area (Å²) < 4.78 is 4.67. The minimum atomic E-state index is -0.442. The van der Waals surface area contributed by atoms with E-state index in [0.717, 1.165) is 13.0 Å². The first kappa shape index (κ1) is 15.6. The molecule has 1 aromatic heterocycles. The fraction of sp³-hybridized carbons (Fsp3) is 0.538. The molecule has 0 saturated carbocycles. The van der Waals surface area contributed by atoms with Crippen LogP contribution < -0.4 is 11.1 Å². The number of carbonyl (C=O) groups is 1. The summed E-state index contributed by atoms with van der Waals surface area (Å²) in [4.78, 5) is 15.6. The Balaban J connectivity index is 2.44. The number of methoxy groups -OCH3 is 1. The number of nitrogens with zero attached hydrogens (tertiary/aromatic N) is 1. The lowest BCUT2D eigenvalue weighted by molar-refractivity contribution is 0.0602. The SMILES string of the molecule is COC(=O)c1cc(NCCCCCSC)ncc1N. The fourth-order valence-electron chi connectivity index (χ4n) is 1.61. The average molecular weight is 283 g/mol. The van der Waals surface area contributed by atoms with Gasteiger partial charge in [0.2, 0.25) is 0 Å². The Labute approximate surface area is 118 Å². The molecule has 0 aliphatic heterocycles. The zero-order chi connectivity index (χ0) is 14.1. The summed E-state index contributed by atoms with van der Waals surface area (Å²) in [5.74, 6) is 1.41. The number of carbonyl (C=O) groups excluding carboxylic acids is 1. The van der Waals surface area contributed by atoms with Crippen molar-refractivity contribution in [3.05, 3.63) is 17.8 Å². The molecular weight excluding hydrogens is 262 g/mol. The van der Waals surface area contributed by atoms with Crippen molar-refractivity contribution in [2.75, 3.05) is 36.7 Å². The number of aromatic nitrogens is 1. The van der Waals surface area contributed by atoms with Crippen LogP contribution in [-0.2, 0) is 4.74 Å². The average Bonchev–Trinajstić information content (AvgIpc) is 2.43. The van der Waals surface area contributed by atoms with Crippen LogP contribution in [-0.4, -0.2) is 36.6 Å². The third kappa shape index (κ3) is 5.38. The van der Waals surface area contributed by atoms with Gasteiger partial charge in [-0.15, -0.1) is 0 Å². The number of anilines is 2. The number of unbranched alkanes of at least 4 members (excludes halogenated alkanes) is 2. The predicted octanol–water partition coefficient (Wildman–Crippen LogP) is 2.40. The van der Waals surface area contributed by atoms with E-state index in [9.17, 15) is 4.79 Å². The van der Waals surface area contributed by atoms with Crippen molar-refractivity contribution in [1.82, 2.24) is 4.98 Å². The smallest absolute Gasteiger partial charge is 0.340 e. The molecule has 0 radical (unpaired) electrons. The van der Waals surface area contributed by atoms with Gasteiger partial charge in [0.25, 0.3) is 0 Å². The van der Waals surface area contributed by atoms with Gasteiger partial charge in [0.05, 0.1) is 24.6 Å². The summed E-state index contributed by atoms with van der Waals surface area (Å²) in [5, 5.41) is 3.19. The van der Waals surface area contributed by atoms with Crippen molar-refractivity contribution >= 4 is 29.2 Å². The first-order valence-electron chi connectivity index (χ1n) is 6.25. The molecule has 5 nitrogen and oxygen atoms in total. The van der Waals surface area contributed by atoms with Gasteiger partial charge in [-0.1, -0.05) is 6.42 Å². The van der Waals surface area contributed by atoms with E-state index in [1.54, 1.807) is 6.07 Å². The highest BCUT2D eigenvalue weighted by molar-refractivity contribution is 7.98. The summed E-state index contributed by atoms with van der Waals surface area (Å²) in [6, 6.07) is 1.63. The van der Waals surface area contributed by atoms with Crippen molar-refractivity contribution in [3.8, 4) is 0 Å². The lowest BCUT2D eigenvalue weighted by Gasteiger charge is -2.08. The number of hydrogen-bond donors (Lipinski definition) is 2. The second-order valence-electron chi connectivity index (χ2n) is 4.13. The third-order valence-electron chi connectivity index (χ3n) is 2.67. The highest BCUT2D eigenvalue weighted by Crippen LogP contribution is 2.16. The highest BCUT2D eigenvalue weighted by Gasteiger charge is 2.11. The Morgan fingerprint density at radius 3 is 2.95 bits per heavy atom. The number of nitrogens with one attached hydrogen (secondary N) is 1. The quantitative estimate of drug-likeness (QED) is 0.563. The number of thioether (sulfide) groups is 1. The van der Waals surface area contributed by atoms with Crippen molar-refractivity contribution in [2.24, 2.45) is 0 Å². The molecule has 1 rings (SSSR count). The molecule has 0 atom stereocenters. The number of nitrogen functional groups attached to an aromatic ring is 1. The standard InChI is InChI=1S/C13H21N3O2S/c1-18-13(17)10-8-12(16-9-11(10)14)15-6-4-3-5-7-19-2/h8-9H,3-7,14H2,1-2H3,(H,15,16). The molecule has 0 aliphatic carbocycles. The van der Waals surface area contributed by atoms with E-state index in [2.05, 4.69) is 21.3 Å². The molecule has 106 valence electrons. The van der Waals surface area contributed by atoms with Crippen LogP contribution in [0.4, 0.5) is 11.5 Å². The Hall–Kier alpha value is -1.43. The molecule has 0 fully saturated rings. The molecule has 3 N–H and O–H groups in total.